The number of rotatable bonds is 7. The summed E-state index contributed by atoms with van der Waals surface area (Å²) < 4.78 is 0. The largest absolute Gasteiger partial charge is 0.391 e. The van der Waals surface area contributed by atoms with E-state index in [1.54, 1.807) is 12.1 Å². The Balaban J connectivity index is 1.92. The second-order valence-corrected chi connectivity index (χ2v) is 7.42. The van der Waals surface area contributed by atoms with Gasteiger partial charge in [-0.25, -0.2) is 0 Å². The van der Waals surface area contributed by atoms with Crippen LogP contribution in [0.4, 0.5) is 0 Å². The molecular formula is C20H30N2O3. The fourth-order valence-electron chi connectivity index (χ4n) is 3.37. The highest BCUT2D eigenvalue weighted by molar-refractivity contribution is 5.97. The van der Waals surface area contributed by atoms with Gasteiger partial charge in [-0.15, -0.1) is 0 Å². The minimum Gasteiger partial charge on any atom is -0.391 e. The Kier molecular flexibility index (Phi) is 7.00. The molecule has 0 aromatic heterocycles. The van der Waals surface area contributed by atoms with Crippen LogP contribution in [-0.2, 0) is 4.79 Å². The quantitative estimate of drug-likeness (QED) is 0.709. The molecule has 0 radical (unpaired) electrons. The zero-order valence-corrected chi connectivity index (χ0v) is 15.4. The van der Waals surface area contributed by atoms with Crippen molar-refractivity contribution in [3.8, 4) is 0 Å². The summed E-state index contributed by atoms with van der Waals surface area (Å²) in [6, 6.07) is 6.67. The third kappa shape index (κ3) is 5.56. The van der Waals surface area contributed by atoms with Crippen LogP contribution in [0.1, 0.15) is 55.5 Å². The highest BCUT2D eigenvalue weighted by Crippen LogP contribution is 2.27. The minimum atomic E-state index is -0.621. The maximum atomic E-state index is 12.5. The average Bonchev–Trinajstić information content (AvgIpc) is 3.11. The maximum absolute atomic E-state index is 12.5. The van der Waals surface area contributed by atoms with E-state index in [-0.39, 0.29) is 30.2 Å². The molecule has 25 heavy (non-hydrogen) atoms. The van der Waals surface area contributed by atoms with E-state index in [1.165, 1.54) is 0 Å². The zero-order chi connectivity index (χ0) is 18.4. The topological polar surface area (TPSA) is 78.4 Å². The summed E-state index contributed by atoms with van der Waals surface area (Å²) in [4.78, 5) is 24.9. The van der Waals surface area contributed by atoms with Crippen LogP contribution in [0, 0.1) is 18.8 Å². The molecular weight excluding hydrogens is 316 g/mol. The number of benzene rings is 1. The first-order valence-electron chi connectivity index (χ1n) is 9.21. The standard InChI is InChI=1S/C20H30N2O3/c1-13(2)18(22-19(24)16-10-6-7-14(3)11-16)20(25)21-12-17(23)15-8-4-5-9-15/h6-7,10-11,13,15,17-18,23H,4-5,8-9,12H2,1-3H3,(H,21,25)(H,22,24). The molecule has 2 atom stereocenters. The summed E-state index contributed by atoms with van der Waals surface area (Å²) in [5.74, 6) is -0.265. The molecule has 0 bridgehead atoms. The first kappa shape index (κ1) is 19.4. The Bertz CT molecular complexity index is 594. The van der Waals surface area contributed by atoms with Gasteiger partial charge in [0.05, 0.1) is 6.10 Å². The fraction of sp³-hybridized carbons (Fsp3) is 0.600. The zero-order valence-electron chi connectivity index (χ0n) is 15.4. The molecule has 2 rings (SSSR count). The van der Waals surface area contributed by atoms with Gasteiger partial charge in [0.25, 0.3) is 5.91 Å². The molecule has 1 saturated carbocycles. The second-order valence-electron chi connectivity index (χ2n) is 7.42. The van der Waals surface area contributed by atoms with E-state index >= 15 is 0 Å². The van der Waals surface area contributed by atoms with E-state index in [0.717, 1.165) is 31.2 Å². The van der Waals surface area contributed by atoms with Crippen LogP contribution in [-0.4, -0.2) is 35.6 Å². The van der Waals surface area contributed by atoms with Crippen molar-refractivity contribution in [2.45, 2.75) is 58.6 Å². The van der Waals surface area contributed by atoms with Crippen molar-refractivity contribution in [1.82, 2.24) is 10.6 Å². The van der Waals surface area contributed by atoms with Gasteiger partial charge in [-0.2, -0.15) is 0 Å². The van der Waals surface area contributed by atoms with Crippen LogP contribution >= 0.6 is 0 Å². The summed E-state index contributed by atoms with van der Waals surface area (Å²) in [5, 5.41) is 15.8. The molecule has 5 heteroatoms. The molecule has 1 aliphatic rings. The van der Waals surface area contributed by atoms with Crippen LogP contribution < -0.4 is 10.6 Å². The van der Waals surface area contributed by atoms with Crippen molar-refractivity contribution in [2.24, 2.45) is 11.8 Å². The molecule has 1 aliphatic carbocycles. The van der Waals surface area contributed by atoms with Gasteiger partial charge in [0.15, 0.2) is 0 Å². The number of aliphatic hydroxyl groups is 1. The lowest BCUT2D eigenvalue weighted by Gasteiger charge is -2.24. The molecule has 1 fully saturated rings. The smallest absolute Gasteiger partial charge is 0.251 e. The summed E-state index contributed by atoms with van der Waals surface area (Å²) in [5.41, 5.74) is 1.54. The molecule has 138 valence electrons. The van der Waals surface area contributed by atoms with Crippen LogP contribution in [0.15, 0.2) is 24.3 Å². The Morgan fingerprint density at radius 3 is 2.52 bits per heavy atom. The van der Waals surface area contributed by atoms with Gasteiger partial charge in [0.1, 0.15) is 6.04 Å². The number of carbonyl (C=O) groups excluding carboxylic acids is 2. The highest BCUT2D eigenvalue weighted by atomic mass is 16.3. The molecule has 5 nitrogen and oxygen atoms in total. The average molecular weight is 346 g/mol. The SMILES string of the molecule is Cc1cccc(C(=O)NC(C(=O)NCC(O)C2CCCC2)C(C)C)c1. The van der Waals surface area contributed by atoms with Gasteiger partial charge >= 0.3 is 0 Å². The van der Waals surface area contributed by atoms with Crippen molar-refractivity contribution < 1.29 is 14.7 Å². The second kappa shape index (κ2) is 8.99. The van der Waals surface area contributed by atoms with Gasteiger partial charge in [0, 0.05) is 12.1 Å². The van der Waals surface area contributed by atoms with Crippen LogP contribution in [0.3, 0.4) is 0 Å². The molecule has 0 saturated heterocycles. The molecule has 0 spiro atoms. The number of hydrogen-bond acceptors (Lipinski definition) is 3. The highest BCUT2D eigenvalue weighted by Gasteiger charge is 2.27. The molecule has 2 unspecified atom stereocenters. The summed E-state index contributed by atoms with van der Waals surface area (Å²) in [6.07, 6.45) is 3.84. The fourth-order valence-corrected chi connectivity index (χ4v) is 3.37. The molecule has 1 aromatic rings. The van der Waals surface area contributed by atoms with E-state index in [2.05, 4.69) is 10.6 Å². The predicted molar refractivity (Wildman–Crippen MR) is 98.2 cm³/mol. The van der Waals surface area contributed by atoms with E-state index in [9.17, 15) is 14.7 Å². The third-order valence-electron chi connectivity index (χ3n) is 4.95. The minimum absolute atomic E-state index is 0.0441. The van der Waals surface area contributed by atoms with Gasteiger partial charge < -0.3 is 15.7 Å². The van der Waals surface area contributed by atoms with Crippen molar-refractivity contribution >= 4 is 11.8 Å². The van der Waals surface area contributed by atoms with Crippen LogP contribution in [0.2, 0.25) is 0 Å². The first-order valence-corrected chi connectivity index (χ1v) is 9.21. The summed E-state index contributed by atoms with van der Waals surface area (Å²) in [7, 11) is 0. The number of carbonyl (C=O) groups is 2. The van der Waals surface area contributed by atoms with Crippen molar-refractivity contribution in [2.75, 3.05) is 6.54 Å². The van der Waals surface area contributed by atoms with E-state index < -0.39 is 12.1 Å². The van der Waals surface area contributed by atoms with Crippen LogP contribution in [0.25, 0.3) is 0 Å². The lowest BCUT2D eigenvalue weighted by Crippen LogP contribution is -2.51. The van der Waals surface area contributed by atoms with E-state index in [4.69, 9.17) is 0 Å². The Labute approximate surface area is 150 Å². The third-order valence-corrected chi connectivity index (χ3v) is 4.95. The Hall–Kier alpha value is -1.88. The molecule has 1 aromatic carbocycles. The van der Waals surface area contributed by atoms with E-state index in [0.29, 0.717) is 5.56 Å². The van der Waals surface area contributed by atoms with Crippen molar-refractivity contribution in [3.63, 3.8) is 0 Å². The number of aryl methyl sites for hydroxylation is 1. The molecule has 0 heterocycles. The van der Waals surface area contributed by atoms with Crippen molar-refractivity contribution in [3.05, 3.63) is 35.4 Å². The predicted octanol–water partition coefficient (Wildman–Crippen LogP) is 2.42. The molecule has 2 amide bonds. The Morgan fingerprint density at radius 1 is 1.24 bits per heavy atom. The Morgan fingerprint density at radius 2 is 1.92 bits per heavy atom. The monoisotopic (exact) mass is 346 g/mol. The number of aliphatic hydroxyl groups excluding tert-OH is 1. The normalized spacial score (nSPS) is 17.3. The number of amides is 2. The molecule has 0 aliphatic heterocycles. The maximum Gasteiger partial charge on any atom is 0.251 e. The van der Waals surface area contributed by atoms with Gasteiger partial charge in [0.2, 0.25) is 5.91 Å². The lowest BCUT2D eigenvalue weighted by atomic mass is 9.99. The molecule has 3 N–H and O–H groups in total. The summed E-state index contributed by atoms with van der Waals surface area (Å²) >= 11 is 0. The van der Waals surface area contributed by atoms with Gasteiger partial charge in [-0.1, -0.05) is 44.4 Å². The van der Waals surface area contributed by atoms with Crippen molar-refractivity contribution in [1.29, 1.82) is 0 Å². The number of nitrogens with one attached hydrogen (secondary N) is 2. The first-order chi connectivity index (χ1) is 11.9. The van der Waals surface area contributed by atoms with E-state index in [1.807, 2.05) is 32.9 Å². The summed E-state index contributed by atoms with van der Waals surface area (Å²) in [6.45, 7) is 5.96. The van der Waals surface area contributed by atoms with Crippen LogP contribution in [0.5, 0.6) is 0 Å². The van der Waals surface area contributed by atoms with Gasteiger partial charge in [-0.05, 0) is 43.7 Å². The van der Waals surface area contributed by atoms with Gasteiger partial charge in [-0.3, -0.25) is 9.59 Å². The number of hydrogen-bond donors (Lipinski definition) is 3. The lowest BCUT2D eigenvalue weighted by molar-refractivity contribution is -0.124.